The van der Waals surface area contributed by atoms with Gasteiger partial charge in [-0.05, 0) is 19.8 Å². The van der Waals surface area contributed by atoms with Gasteiger partial charge in [-0.1, -0.05) is 20.3 Å². The van der Waals surface area contributed by atoms with Crippen molar-refractivity contribution in [3.05, 3.63) is 0 Å². The lowest BCUT2D eigenvalue weighted by Gasteiger charge is -2.25. The maximum atomic E-state index is 5.79. The Morgan fingerprint density at radius 1 is 1.50 bits per heavy atom. The molecule has 0 aliphatic heterocycles. The summed E-state index contributed by atoms with van der Waals surface area (Å²) < 4.78 is 0. The Bertz CT molecular complexity index is 61.3. The Balaban J connectivity index is 3.62. The van der Waals surface area contributed by atoms with E-state index in [1.165, 1.54) is 6.42 Å². The summed E-state index contributed by atoms with van der Waals surface area (Å²) in [5.74, 6) is 0.627. The van der Waals surface area contributed by atoms with E-state index >= 15 is 0 Å². The summed E-state index contributed by atoms with van der Waals surface area (Å²) in [6, 6.07) is 0. The van der Waals surface area contributed by atoms with Gasteiger partial charge in [0.2, 0.25) is 0 Å². The van der Waals surface area contributed by atoms with Crippen LogP contribution >= 0.6 is 0 Å². The molecule has 0 bridgehead atoms. The maximum Gasteiger partial charge on any atom is 0.0123 e. The largest absolute Gasteiger partial charge is 0.325 e. The lowest BCUT2D eigenvalue weighted by atomic mass is 9.88. The molecule has 1 heteroatoms. The summed E-state index contributed by atoms with van der Waals surface area (Å²) in [5.41, 5.74) is 5.80. The number of hydrogen-bond acceptors (Lipinski definition) is 1. The quantitative estimate of drug-likeness (QED) is 0.583. The van der Waals surface area contributed by atoms with Gasteiger partial charge in [0.1, 0.15) is 0 Å². The van der Waals surface area contributed by atoms with Gasteiger partial charge >= 0.3 is 0 Å². The average molecular weight is 115 g/mol. The van der Waals surface area contributed by atoms with Gasteiger partial charge in [0.25, 0.3) is 0 Å². The Labute approximate surface area is 52.3 Å². The first-order valence-corrected chi connectivity index (χ1v) is 3.27. The second-order valence-electron chi connectivity index (χ2n) is 3.13. The SMILES string of the molecule is CC[C@@H](C)C(C)(C)N. The second kappa shape index (κ2) is 2.49. The van der Waals surface area contributed by atoms with Crippen LogP contribution < -0.4 is 5.73 Å². The van der Waals surface area contributed by atoms with Gasteiger partial charge in [-0.2, -0.15) is 0 Å². The third-order valence-electron chi connectivity index (χ3n) is 1.88. The minimum atomic E-state index is 0.00868. The van der Waals surface area contributed by atoms with Crippen LogP contribution in [0, 0.1) is 5.92 Å². The molecular weight excluding hydrogens is 98.1 g/mol. The second-order valence-corrected chi connectivity index (χ2v) is 3.13. The molecule has 0 radical (unpaired) electrons. The van der Waals surface area contributed by atoms with E-state index in [2.05, 4.69) is 27.7 Å². The smallest absolute Gasteiger partial charge is 0.0123 e. The molecule has 0 rings (SSSR count). The Morgan fingerprint density at radius 3 is 1.88 bits per heavy atom. The van der Waals surface area contributed by atoms with E-state index in [9.17, 15) is 0 Å². The molecule has 50 valence electrons. The fourth-order valence-corrected chi connectivity index (χ4v) is 0.526. The van der Waals surface area contributed by atoms with Crippen molar-refractivity contribution in [2.24, 2.45) is 11.7 Å². The van der Waals surface area contributed by atoms with Crippen molar-refractivity contribution in [1.29, 1.82) is 0 Å². The molecule has 0 unspecified atom stereocenters. The van der Waals surface area contributed by atoms with Crippen LogP contribution in [0.2, 0.25) is 0 Å². The molecule has 0 aliphatic rings. The summed E-state index contributed by atoms with van der Waals surface area (Å²) >= 11 is 0. The standard InChI is InChI=1S/C7H17N/c1-5-6(2)7(3,4)8/h6H,5,8H2,1-4H3/t6-/m1/s1. The molecule has 2 N–H and O–H groups in total. The van der Waals surface area contributed by atoms with Crippen LogP contribution in [0.5, 0.6) is 0 Å². The molecule has 0 aromatic rings. The molecule has 0 aromatic carbocycles. The Morgan fingerprint density at radius 2 is 1.88 bits per heavy atom. The Kier molecular flexibility index (Phi) is 2.48. The molecule has 0 aliphatic carbocycles. The van der Waals surface area contributed by atoms with E-state index in [0.29, 0.717) is 5.92 Å². The summed E-state index contributed by atoms with van der Waals surface area (Å²) in [4.78, 5) is 0. The lowest BCUT2D eigenvalue weighted by Crippen LogP contribution is -2.38. The van der Waals surface area contributed by atoms with Crippen LogP contribution in [0.3, 0.4) is 0 Å². The van der Waals surface area contributed by atoms with E-state index in [0.717, 1.165) is 0 Å². The van der Waals surface area contributed by atoms with Crippen LogP contribution in [-0.2, 0) is 0 Å². The van der Waals surface area contributed by atoms with E-state index in [-0.39, 0.29) is 5.54 Å². The highest BCUT2D eigenvalue weighted by molar-refractivity contribution is 4.77. The summed E-state index contributed by atoms with van der Waals surface area (Å²) in [5, 5.41) is 0. The van der Waals surface area contributed by atoms with Crippen LogP contribution in [0.1, 0.15) is 34.1 Å². The van der Waals surface area contributed by atoms with Crippen LogP contribution in [0.25, 0.3) is 0 Å². The zero-order chi connectivity index (χ0) is 6.78. The molecule has 0 fully saturated rings. The zero-order valence-corrected chi connectivity index (χ0v) is 6.36. The third-order valence-corrected chi connectivity index (χ3v) is 1.88. The van der Waals surface area contributed by atoms with Crippen LogP contribution in [-0.4, -0.2) is 5.54 Å². The van der Waals surface area contributed by atoms with Crippen LogP contribution in [0.15, 0.2) is 0 Å². The van der Waals surface area contributed by atoms with Crippen molar-refractivity contribution in [3.8, 4) is 0 Å². The van der Waals surface area contributed by atoms with Gasteiger partial charge in [-0.25, -0.2) is 0 Å². The van der Waals surface area contributed by atoms with Crippen molar-refractivity contribution in [3.63, 3.8) is 0 Å². The van der Waals surface area contributed by atoms with E-state index in [1.54, 1.807) is 0 Å². The van der Waals surface area contributed by atoms with E-state index in [1.807, 2.05) is 0 Å². The highest BCUT2D eigenvalue weighted by Gasteiger charge is 2.17. The fourth-order valence-electron chi connectivity index (χ4n) is 0.526. The molecule has 1 atom stereocenters. The number of nitrogens with two attached hydrogens (primary N) is 1. The highest BCUT2D eigenvalue weighted by atomic mass is 14.7. The van der Waals surface area contributed by atoms with Gasteiger partial charge in [0.15, 0.2) is 0 Å². The number of rotatable bonds is 2. The first-order valence-electron chi connectivity index (χ1n) is 3.27. The molecule has 0 heterocycles. The topological polar surface area (TPSA) is 26.0 Å². The Hall–Kier alpha value is -0.0400. The molecule has 0 aromatic heterocycles. The third kappa shape index (κ3) is 2.31. The van der Waals surface area contributed by atoms with E-state index < -0.39 is 0 Å². The lowest BCUT2D eigenvalue weighted by molar-refractivity contribution is 0.337. The summed E-state index contributed by atoms with van der Waals surface area (Å²) in [7, 11) is 0. The molecule has 0 saturated heterocycles. The van der Waals surface area contributed by atoms with Gasteiger partial charge in [0.05, 0.1) is 0 Å². The van der Waals surface area contributed by atoms with Crippen molar-refractivity contribution < 1.29 is 0 Å². The zero-order valence-electron chi connectivity index (χ0n) is 6.36. The monoisotopic (exact) mass is 115 g/mol. The molecule has 0 saturated carbocycles. The molecule has 0 spiro atoms. The highest BCUT2D eigenvalue weighted by Crippen LogP contribution is 2.14. The molecular formula is C7H17N. The molecule has 8 heavy (non-hydrogen) atoms. The van der Waals surface area contributed by atoms with Crippen LogP contribution in [0.4, 0.5) is 0 Å². The minimum absolute atomic E-state index is 0.00868. The molecule has 0 amide bonds. The number of hydrogen-bond donors (Lipinski definition) is 1. The fraction of sp³-hybridized carbons (Fsp3) is 1.00. The van der Waals surface area contributed by atoms with E-state index in [4.69, 9.17) is 5.73 Å². The van der Waals surface area contributed by atoms with Gasteiger partial charge in [0, 0.05) is 5.54 Å². The van der Waals surface area contributed by atoms with Crippen molar-refractivity contribution in [2.45, 2.75) is 39.7 Å². The molecule has 1 nitrogen and oxygen atoms in total. The van der Waals surface area contributed by atoms with Gasteiger partial charge < -0.3 is 5.73 Å². The minimum Gasteiger partial charge on any atom is -0.325 e. The summed E-state index contributed by atoms with van der Waals surface area (Å²) in [6.45, 7) is 8.49. The van der Waals surface area contributed by atoms with Gasteiger partial charge in [-0.3, -0.25) is 0 Å². The van der Waals surface area contributed by atoms with Gasteiger partial charge in [-0.15, -0.1) is 0 Å². The normalized spacial score (nSPS) is 16.1. The van der Waals surface area contributed by atoms with Crippen molar-refractivity contribution in [2.75, 3.05) is 0 Å². The first-order chi connectivity index (χ1) is 3.48. The predicted molar refractivity (Wildman–Crippen MR) is 37.7 cm³/mol. The van der Waals surface area contributed by atoms with Crippen molar-refractivity contribution in [1.82, 2.24) is 0 Å². The maximum absolute atomic E-state index is 5.79. The predicted octanol–water partition coefficient (Wildman–Crippen LogP) is 1.77. The summed E-state index contributed by atoms with van der Waals surface area (Å²) in [6.07, 6.45) is 1.17. The first kappa shape index (κ1) is 7.96. The average Bonchev–Trinajstić information content (AvgIpc) is 1.62. The van der Waals surface area contributed by atoms with Crippen molar-refractivity contribution >= 4 is 0 Å².